The minimum Gasteiger partial charge on any atom is -0.357 e. The molecular formula is C16H18N4OS. The van der Waals surface area contributed by atoms with Crippen LogP contribution in [0.2, 0.25) is 0 Å². The number of benzene rings is 1. The highest BCUT2D eigenvalue weighted by atomic mass is 32.1. The minimum absolute atomic E-state index is 0.152. The van der Waals surface area contributed by atoms with Crippen molar-refractivity contribution < 1.29 is 0 Å². The zero-order valence-corrected chi connectivity index (χ0v) is 13.4. The van der Waals surface area contributed by atoms with Gasteiger partial charge in [0, 0.05) is 18.3 Å². The van der Waals surface area contributed by atoms with Crippen LogP contribution in [-0.2, 0) is 6.42 Å². The first-order chi connectivity index (χ1) is 10.7. The molecular weight excluding hydrogens is 296 g/mol. The van der Waals surface area contributed by atoms with Crippen LogP contribution in [0.4, 0.5) is 5.13 Å². The van der Waals surface area contributed by atoms with E-state index in [1.54, 1.807) is 0 Å². The molecule has 0 spiro atoms. The van der Waals surface area contributed by atoms with Crippen molar-refractivity contribution in [3.8, 4) is 0 Å². The molecule has 3 aromatic rings. The van der Waals surface area contributed by atoms with Crippen LogP contribution in [-0.4, -0.2) is 20.6 Å². The molecule has 2 aromatic heterocycles. The summed E-state index contributed by atoms with van der Waals surface area (Å²) in [6.07, 6.45) is 3.42. The highest BCUT2D eigenvalue weighted by Gasteiger charge is 2.12. The van der Waals surface area contributed by atoms with E-state index in [1.807, 2.05) is 0 Å². The second kappa shape index (κ2) is 6.27. The molecule has 6 heteroatoms. The summed E-state index contributed by atoms with van der Waals surface area (Å²) in [6, 6.07) is 10.3. The van der Waals surface area contributed by atoms with Crippen LogP contribution in [0.3, 0.4) is 0 Å². The molecule has 1 unspecified atom stereocenters. The molecule has 0 aliphatic heterocycles. The first-order valence-corrected chi connectivity index (χ1v) is 8.14. The lowest BCUT2D eigenvalue weighted by atomic mass is 10.0. The van der Waals surface area contributed by atoms with E-state index in [0.717, 1.165) is 18.0 Å². The van der Waals surface area contributed by atoms with E-state index in [2.05, 4.69) is 53.5 Å². The predicted molar refractivity (Wildman–Crippen MR) is 89.7 cm³/mol. The van der Waals surface area contributed by atoms with E-state index in [-0.39, 0.29) is 11.6 Å². The van der Waals surface area contributed by atoms with Gasteiger partial charge in [0.05, 0.1) is 0 Å². The van der Waals surface area contributed by atoms with Gasteiger partial charge in [0.25, 0.3) is 5.56 Å². The lowest BCUT2D eigenvalue weighted by Crippen LogP contribution is -2.21. The number of nitrogens with one attached hydrogen (secondary N) is 1. The topological polar surface area (TPSA) is 59.3 Å². The van der Waals surface area contributed by atoms with Crippen molar-refractivity contribution in [2.45, 2.75) is 32.7 Å². The highest BCUT2D eigenvalue weighted by molar-refractivity contribution is 7.20. The summed E-state index contributed by atoms with van der Waals surface area (Å²) >= 11 is 1.40. The molecule has 5 nitrogen and oxygen atoms in total. The van der Waals surface area contributed by atoms with Crippen molar-refractivity contribution in [2.24, 2.45) is 0 Å². The fourth-order valence-electron chi connectivity index (χ4n) is 2.28. The van der Waals surface area contributed by atoms with E-state index in [0.29, 0.717) is 4.96 Å². The maximum absolute atomic E-state index is 11.7. The Kier molecular flexibility index (Phi) is 4.20. The van der Waals surface area contributed by atoms with Crippen LogP contribution in [0, 0.1) is 6.92 Å². The Hall–Kier alpha value is -2.21. The number of fused-ring (bicyclic) bond motifs is 1. The number of nitrogens with zero attached hydrogens (tertiary/aromatic N) is 3. The quantitative estimate of drug-likeness (QED) is 0.786. The fraction of sp³-hybridized carbons (Fsp3) is 0.312. The smallest absolute Gasteiger partial charge is 0.275 e. The van der Waals surface area contributed by atoms with Crippen molar-refractivity contribution in [1.82, 2.24) is 14.6 Å². The summed E-state index contributed by atoms with van der Waals surface area (Å²) in [5, 5.41) is 8.45. The molecule has 0 amide bonds. The van der Waals surface area contributed by atoms with Crippen molar-refractivity contribution >= 4 is 21.4 Å². The zero-order valence-electron chi connectivity index (χ0n) is 12.6. The average molecular weight is 314 g/mol. The molecule has 0 saturated heterocycles. The van der Waals surface area contributed by atoms with Crippen LogP contribution in [0.25, 0.3) is 4.96 Å². The third-order valence-electron chi connectivity index (χ3n) is 3.59. The number of rotatable bonds is 5. The molecule has 0 bridgehead atoms. The van der Waals surface area contributed by atoms with Crippen molar-refractivity contribution in [3.63, 3.8) is 0 Å². The van der Waals surface area contributed by atoms with Crippen LogP contribution < -0.4 is 10.9 Å². The molecule has 1 aromatic carbocycles. The molecule has 3 rings (SSSR count). The number of aromatic nitrogens is 3. The van der Waals surface area contributed by atoms with Gasteiger partial charge < -0.3 is 5.32 Å². The number of anilines is 1. The molecule has 22 heavy (non-hydrogen) atoms. The fourth-order valence-corrected chi connectivity index (χ4v) is 3.13. The summed E-state index contributed by atoms with van der Waals surface area (Å²) in [7, 11) is 0. The summed E-state index contributed by atoms with van der Waals surface area (Å²) in [5.74, 6) is 0. The van der Waals surface area contributed by atoms with Gasteiger partial charge in [-0.15, -0.1) is 5.10 Å². The maximum atomic E-state index is 11.7. The van der Waals surface area contributed by atoms with Gasteiger partial charge in [0.2, 0.25) is 10.1 Å². The molecule has 114 valence electrons. The SMILES string of the molecule is CCC(Cc1ccc(C)cc1)Nc1nn2c(=O)ccnc2s1. The Morgan fingerprint density at radius 2 is 2.05 bits per heavy atom. The van der Waals surface area contributed by atoms with E-state index >= 15 is 0 Å². The van der Waals surface area contributed by atoms with Gasteiger partial charge in [-0.3, -0.25) is 4.79 Å². The van der Waals surface area contributed by atoms with Gasteiger partial charge in [-0.05, 0) is 25.3 Å². The van der Waals surface area contributed by atoms with Gasteiger partial charge in [0.15, 0.2) is 0 Å². The Morgan fingerprint density at radius 1 is 1.27 bits per heavy atom. The summed E-state index contributed by atoms with van der Waals surface area (Å²) in [6.45, 7) is 4.23. The molecule has 0 radical (unpaired) electrons. The number of aryl methyl sites for hydroxylation is 1. The van der Waals surface area contributed by atoms with Gasteiger partial charge in [-0.25, -0.2) is 4.98 Å². The largest absolute Gasteiger partial charge is 0.357 e. The zero-order chi connectivity index (χ0) is 15.5. The summed E-state index contributed by atoms with van der Waals surface area (Å²) in [4.78, 5) is 16.5. The Labute approximate surface area is 132 Å². The van der Waals surface area contributed by atoms with Gasteiger partial charge in [-0.2, -0.15) is 4.52 Å². The Morgan fingerprint density at radius 3 is 2.73 bits per heavy atom. The maximum Gasteiger partial charge on any atom is 0.275 e. The molecule has 1 atom stereocenters. The van der Waals surface area contributed by atoms with Crippen LogP contribution in [0.15, 0.2) is 41.3 Å². The molecule has 0 aliphatic rings. The molecule has 0 aliphatic carbocycles. The second-order valence-corrected chi connectivity index (χ2v) is 6.28. The molecule has 0 fully saturated rings. The third kappa shape index (κ3) is 3.17. The van der Waals surface area contributed by atoms with Crippen LogP contribution in [0.5, 0.6) is 0 Å². The summed E-state index contributed by atoms with van der Waals surface area (Å²) < 4.78 is 1.34. The predicted octanol–water partition coefficient (Wildman–Crippen LogP) is 2.89. The highest BCUT2D eigenvalue weighted by Crippen LogP contribution is 2.19. The summed E-state index contributed by atoms with van der Waals surface area (Å²) in [5.41, 5.74) is 2.41. The van der Waals surface area contributed by atoms with Crippen molar-refractivity contribution in [1.29, 1.82) is 0 Å². The van der Waals surface area contributed by atoms with Gasteiger partial charge in [-0.1, -0.05) is 48.1 Å². The molecule has 0 saturated carbocycles. The first-order valence-electron chi connectivity index (χ1n) is 7.32. The van der Waals surface area contributed by atoms with Crippen LogP contribution >= 0.6 is 11.3 Å². The first kappa shape index (κ1) is 14.7. The lowest BCUT2D eigenvalue weighted by Gasteiger charge is -2.16. The normalized spacial score (nSPS) is 12.5. The van der Waals surface area contributed by atoms with Gasteiger partial charge in [0.1, 0.15) is 0 Å². The lowest BCUT2D eigenvalue weighted by molar-refractivity contribution is 0.686. The average Bonchev–Trinajstić information content (AvgIpc) is 2.93. The standard InChI is InChI=1S/C16H18N4OS/c1-3-13(10-12-6-4-11(2)5-7-12)18-15-19-20-14(21)8-9-17-16(20)22-15/h4-9,13H,3,10H2,1-2H3,(H,18,19). The minimum atomic E-state index is -0.152. The monoisotopic (exact) mass is 314 g/mol. The van der Waals surface area contributed by atoms with Crippen molar-refractivity contribution in [2.75, 3.05) is 5.32 Å². The van der Waals surface area contributed by atoms with Crippen molar-refractivity contribution in [3.05, 3.63) is 58.0 Å². The van der Waals surface area contributed by atoms with E-state index < -0.39 is 0 Å². The second-order valence-electron chi connectivity index (χ2n) is 5.32. The Balaban J connectivity index is 1.77. The third-order valence-corrected chi connectivity index (χ3v) is 4.45. The molecule has 1 N–H and O–H groups in total. The van der Waals surface area contributed by atoms with E-state index in [1.165, 1.54) is 39.2 Å². The van der Waals surface area contributed by atoms with Gasteiger partial charge >= 0.3 is 0 Å². The number of hydrogen-bond donors (Lipinski definition) is 1. The van der Waals surface area contributed by atoms with Crippen LogP contribution in [0.1, 0.15) is 24.5 Å². The van der Waals surface area contributed by atoms with E-state index in [4.69, 9.17) is 0 Å². The van der Waals surface area contributed by atoms with E-state index in [9.17, 15) is 4.79 Å². The Bertz CT molecular complexity index is 822. The number of hydrogen-bond acceptors (Lipinski definition) is 5. The molecule has 2 heterocycles.